The van der Waals surface area contributed by atoms with Crippen molar-refractivity contribution in [2.75, 3.05) is 0 Å². The minimum absolute atomic E-state index is 0. The van der Waals surface area contributed by atoms with Gasteiger partial charge in [0.2, 0.25) is 0 Å². The predicted octanol–water partition coefficient (Wildman–Crippen LogP) is 2.84. The SMILES string of the molecule is CC(C)(c1ccccc1)c1ccc(OP(=O)(O)O)cc1.[LiH]. The maximum atomic E-state index is 10.8. The van der Waals surface area contributed by atoms with Gasteiger partial charge in [0, 0.05) is 5.41 Å². The fourth-order valence-corrected chi connectivity index (χ4v) is 2.49. The van der Waals surface area contributed by atoms with Crippen molar-refractivity contribution in [1.82, 2.24) is 0 Å². The van der Waals surface area contributed by atoms with Gasteiger partial charge in [0.25, 0.3) is 0 Å². The van der Waals surface area contributed by atoms with E-state index < -0.39 is 7.82 Å². The van der Waals surface area contributed by atoms with E-state index in [0.29, 0.717) is 0 Å². The van der Waals surface area contributed by atoms with E-state index in [2.05, 4.69) is 30.5 Å². The first kappa shape index (κ1) is 18.0. The molecule has 0 saturated carbocycles. The Hall–Kier alpha value is -1.01. The number of phosphoric acid groups is 1. The van der Waals surface area contributed by atoms with E-state index in [1.165, 1.54) is 5.56 Å². The summed E-state index contributed by atoms with van der Waals surface area (Å²) in [4.78, 5) is 17.5. The monoisotopic (exact) mass is 300 g/mol. The summed E-state index contributed by atoms with van der Waals surface area (Å²) >= 11 is 0. The van der Waals surface area contributed by atoms with Crippen LogP contribution in [-0.2, 0) is 9.98 Å². The number of benzene rings is 2. The van der Waals surface area contributed by atoms with Crippen LogP contribution in [0.15, 0.2) is 54.6 Å². The Morgan fingerprint density at radius 2 is 1.38 bits per heavy atom. The number of hydrogen-bond donors (Lipinski definition) is 2. The van der Waals surface area contributed by atoms with Crippen LogP contribution in [0, 0.1) is 0 Å². The van der Waals surface area contributed by atoms with E-state index in [1.54, 1.807) is 12.1 Å². The maximum absolute atomic E-state index is 10.8. The quantitative estimate of drug-likeness (QED) is 0.673. The molecule has 2 aromatic carbocycles. The summed E-state index contributed by atoms with van der Waals surface area (Å²) in [6.45, 7) is 4.20. The van der Waals surface area contributed by atoms with Gasteiger partial charge in [0.05, 0.1) is 0 Å². The Bertz CT molecular complexity index is 620. The molecule has 0 bridgehead atoms. The Kier molecular flexibility index (Phi) is 5.87. The van der Waals surface area contributed by atoms with Crippen molar-refractivity contribution in [1.29, 1.82) is 0 Å². The molecule has 2 N–H and O–H groups in total. The van der Waals surface area contributed by atoms with Crippen LogP contribution in [0.1, 0.15) is 25.0 Å². The van der Waals surface area contributed by atoms with Gasteiger partial charge in [0.1, 0.15) is 5.75 Å². The first-order chi connectivity index (χ1) is 9.29. The van der Waals surface area contributed by atoms with Crippen LogP contribution in [0.25, 0.3) is 0 Å². The molecule has 0 unspecified atom stereocenters. The summed E-state index contributed by atoms with van der Waals surface area (Å²) in [6.07, 6.45) is 0. The normalized spacial score (nSPS) is 11.6. The average molecular weight is 300 g/mol. The third-order valence-corrected chi connectivity index (χ3v) is 3.74. The van der Waals surface area contributed by atoms with Crippen molar-refractivity contribution < 1.29 is 18.9 Å². The van der Waals surface area contributed by atoms with Crippen LogP contribution in [0.4, 0.5) is 0 Å². The second-order valence-electron chi connectivity index (χ2n) is 5.10. The summed E-state index contributed by atoms with van der Waals surface area (Å²) in [6, 6.07) is 16.8. The summed E-state index contributed by atoms with van der Waals surface area (Å²) in [5, 5.41) is 0. The Morgan fingerprint density at radius 1 is 0.905 bits per heavy atom. The Labute approximate surface area is 136 Å². The molecule has 0 amide bonds. The van der Waals surface area contributed by atoms with E-state index in [0.717, 1.165) is 5.56 Å². The van der Waals surface area contributed by atoms with E-state index in [4.69, 9.17) is 9.79 Å². The van der Waals surface area contributed by atoms with Crippen molar-refractivity contribution in [3.63, 3.8) is 0 Å². The number of phosphoric ester groups is 1. The third-order valence-electron chi connectivity index (χ3n) is 3.30. The van der Waals surface area contributed by atoms with E-state index in [-0.39, 0.29) is 30.0 Å². The van der Waals surface area contributed by atoms with Gasteiger partial charge in [-0.05, 0) is 23.3 Å². The number of rotatable bonds is 4. The van der Waals surface area contributed by atoms with Crippen LogP contribution in [-0.4, -0.2) is 28.6 Å². The van der Waals surface area contributed by atoms with Gasteiger partial charge in [-0.2, -0.15) is 0 Å². The molecule has 0 aliphatic carbocycles. The molecule has 0 saturated heterocycles. The molecule has 0 aliphatic heterocycles. The van der Waals surface area contributed by atoms with E-state index in [1.807, 2.05) is 30.3 Å². The molecule has 0 heterocycles. The van der Waals surface area contributed by atoms with Gasteiger partial charge in [-0.15, -0.1) is 0 Å². The topological polar surface area (TPSA) is 66.8 Å². The van der Waals surface area contributed by atoms with Gasteiger partial charge in [0.15, 0.2) is 0 Å². The zero-order valence-electron chi connectivity index (χ0n) is 11.4. The summed E-state index contributed by atoms with van der Waals surface area (Å²) in [5.41, 5.74) is 2.02. The molecule has 108 valence electrons. The number of hydrogen-bond acceptors (Lipinski definition) is 2. The predicted molar refractivity (Wildman–Crippen MR) is 84.8 cm³/mol. The molecular weight excluding hydrogens is 282 g/mol. The van der Waals surface area contributed by atoms with Crippen LogP contribution in [0.2, 0.25) is 0 Å². The van der Waals surface area contributed by atoms with Crippen molar-refractivity contribution in [2.45, 2.75) is 19.3 Å². The van der Waals surface area contributed by atoms with Crippen LogP contribution in [0.5, 0.6) is 5.75 Å². The minimum atomic E-state index is -4.50. The first-order valence-electron chi connectivity index (χ1n) is 6.20. The van der Waals surface area contributed by atoms with Gasteiger partial charge >= 0.3 is 26.7 Å². The molecule has 2 rings (SSSR count). The fourth-order valence-electron chi connectivity index (χ4n) is 2.09. The van der Waals surface area contributed by atoms with Gasteiger partial charge in [-0.1, -0.05) is 56.3 Å². The van der Waals surface area contributed by atoms with Gasteiger partial charge in [-0.25, -0.2) is 4.57 Å². The van der Waals surface area contributed by atoms with E-state index >= 15 is 0 Å². The molecule has 6 heteroatoms. The zero-order valence-corrected chi connectivity index (χ0v) is 12.2. The van der Waals surface area contributed by atoms with E-state index in [9.17, 15) is 4.57 Å². The molecule has 4 nitrogen and oxygen atoms in total. The molecule has 2 aromatic rings. The van der Waals surface area contributed by atoms with Crippen LogP contribution >= 0.6 is 7.82 Å². The Balaban J connectivity index is 0.00000220. The van der Waals surface area contributed by atoms with Crippen LogP contribution < -0.4 is 4.52 Å². The van der Waals surface area contributed by atoms with Gasteiger partial charge < -0.3 is 4.52 Å². The van der Waals surface area contributed by atoms with Crippen molar-refractivity contribution in [3.8, 4) is 5.75 Å². The van der Waals surface area contributed by atoms with Crippen LogP contribution in [0.3, 0.4) is 0 Å². The molecular formula is C15H18LiO4P. The van der Waals surface area contributed by atoms with Crippen molar-refractivity contribution >= 4 is 26.7 Å². The molecule has 0 radical (unpaired) electrons. The molecule has 0 aliphatic rings. The summed E-state index contributed by atoms with van der Waals surface area (Å²) in [5.74, 6) is 0.158. The summed E-state index contributed by atoms with van der Waals surface area (Å²) < 4.78 is 15.3. The Morgan fingerprint density at radius 3 is 1.86 bits per heavy atom. The average Bonchev–Trinajstić information content (AvgIpc) is 2.38. The molecule has 0 aromatic heterocycles. The van der Waals surface area contributed by atoms with Crippen molar-refractivity contribution in [3.05, 3.63) is 65.7 Å². The fraction of sp³-hybridized carbons (Fsp3) is 0.200. The summed E-state index contributed by atoms with van der Waals surface area (Å²) in [7, 11) is -4.50. The molecule has 0 atom stereocenters. The molecule has 0 fully saturated rings. The molecule has 21 heavy (non-hydrogen) atoms. The van der Waals surface area contributed by atoms with Crippen molar-refractivity contribution in [2.24, 2.45) is 0 Å². The standard InChI is InChI=1S/C15H17O4P.Li.H/c1-15(2,12-6-4-3-5-7-12)13-8-10-14(11-9-13)19-20(16,17)18;;/h3-11H,1-2H3,(H2,16,17,18);;. The second kappa shape index (κ2) is 6.83. The third kappa shape index (κ3) is 4.74. The molecule has 0 spiro atoms. The van der Waals surface area contributed by atoms with Gasteiger partial charge in [-0.3, -0.25) is 9.79 Å². The first-order valence-corrected chi connectivity index (χ1v) is 7.73. The zero-order chi connectivity index (χ0) is 14.8. The second-order valence-corrected chi connectivity index (χ2v) is 6.26.